The van der Waals surface area contributed by atoms with Gasteiger partial charge in [-0.15, -0.1) is 11.3 Å². The topological polar surface area (TPSA) is 108 Å². The molecule has 11 heteroatoms. The second-order valence-electron chi connectivity index (χ2n) is 10.8. The van der Waals surface area contributed by atoms with Crippen molar-refractivity contribution in [3.05, 3.63) is 86.2 Å². The maximum Gasteiger partial charge on any atom is 0.258 e. The zero-order valence-corrected chi connectivity index (χ0v) is 24.3. The maximum atomic E-state index is 12.9. The Morgan fingerprint density at radius 1 is 1.20 bits per heavy atom. The van der Waals surface area contributed by atoms with Crippen LogP contribution in [-0.2, 0) is 6.54 Å². The van der Waals surface area contributed by atoms with Gasteiger partial charge in [0, 0.05) is 40.1 Å². The van der Waals surface area contributed by atoms with Gasteiger partial charge in [0.2, 0.25) is 0 Å². The van der Waals surface area contributed by atoms with Crippen molar-refractivity contribution in [2.24, 2.45) is 5.41 Å². The van der Waals surface area contributed by atoms with Crippen molar-refractivity contribution in [3.8, 4) is 17.0 Å². The number of anilines is 1. The summed E-state index contributed by atoms with van der Waals surface area (Å²) >= 11 is 7.47. The summed E-state index contributed by atoms with van der Waals surface area (Å²) in [5, 5.41) is 8.05. The van der Waals surface area contributed by atoms with Gasteiger partial charge in [0.15, 0.2) is 0 Å². The normalized spacial score (nSPS) is 11.8. The van der Waals surface area contributed by atoms with Crippen molar-refractivity contribution >= 4 is 45.4 Å². The van der Waals surface area contributed by atoms with Crippen LogP contribution in [0.1, 0.15) is 29.1 Å². The second-order valence-corrected chi connectivity index (χ2v) is 12.6. The standard InChI is InChI=1S/C29H31ClN6O3S/c1-29(2,16-35(3)4)17-39-21-5-7-24-18(9-21)10-25(34-24)23-11-20(13-31-28(23)38)33-27(37)19-12-32-36(14-19)15-22-6-8-26(30)40-22/h5-14,34H,15-17H2,1-4H3,(H,31,38)(H,33,37). The van der Waals surface area contributed by atoms with Crippen molar-refractivity contribution in [3.63, 3.8) is 0 Å². The molecule has 0 unspecified atom stereocenters. The number of aromatic nitrogens is 4. The average Bonchev–Trinajstić information content (AvgIpc) is 3.63. The molecule has 9 nitrogen and oxygen atoms in total. The van der Waals surface area contributed by atoms with Crippen LogP contribution in [0.5, 0.6) is 5.75 Å². The van der Waals surface area contributed by atoms with E-state index in [0.717, 1.165) is 28.1 Å². The Morgan fingerprint density at radius 3 is 2.77 bits per heavy atom. The molecule has 4 heterocycles. The van der Waals surface area contributed by atoms with Crippen LogP contribution >= 0.6 is 22.9 Å². The van der Waals surface area contributed by atoms with Crippen LogP contribution in [0.3, 0.4) is 0 Å². The minimum Gasteiger partial charge on any atom is -0.493 e. The number of benzene rings is 1. The monoisotopic (exact) mass is 578 g/mol. The molecule has 1 aromatic carbocycles. The first-order chi connectivity index (χ1) is 19.0. The molecule has 0 aliphatic heterocycles. The summed E-state index contributed by atoms with van der Waals surface area (Å²) in [6, 6.07) is 13.1. The fourth-order valence-corrected chi connectivity index (χ4v) is 5.73. The van der Waals surface area contributed by atoms with Crippen molar-refractivity contribution in [1.82, 2.24) is 24.6 Å². The highest BCUT2D eigenvalue weighted by molar-refractivity contribution is 7.16. The van der Waals surface area contributed by atoms with Gasteiger partial charge in [-0.2, -0.15) is 5.10 Å². The molecule has 0 atom stereocenters. The van der Waals surface area contributed by atoms with E-state index >= 15 is 0 Å². The number of rotatable bonds is 10. The summed E-state index contributed by atoms with van der Waals surface area (Å²) in [6.07, 6.45) is 4.66. The molecule has 3 N–H and O–H groups in total. The van der Waals surface area contributed by atoms with Crippen molar-refractivity contribution in [2.75, 3.05) is 32.6 Å². The Kier molecular flexibility index (Phi) is 7.84. The molecule has 0 saturated carbocycles. The lowest BCUT2D eigenvalue weighted by Crippen LogP contribution is -2.33. The van der Waals surface area contributed by atoms with Gasteiger partial charge in [0.25, 0.3) is 11.5 Å². The molecular weight excluding hydrogens is 548 g/mol. The van der Waals surface area contributed by atoms with Gasteiger partial charge in [-0.25, -0.2) is 0 Å². The lowest BCUT2D eigenvalue weighted by atomic mass is 9.94. The number of hydrogen-bond donors (Lipinski definition) is 3. The third-order valence-electron chi connectivity index (χ3n) is 6.26. The third kappa shape index (κ3) is 6.64. The van der Waals surface area contributed by atoms with Crippen LogP contribution in [-0.4, -0.2) is 57.8 Å². The molecule has 0 bridgehead atoms. The van der Waals surface area contributed by atoms with E-state index in [1.807, 2.05) is 36.4 Å². The summed E-state index contributed by atoms with van der Waals surface area (Å²) < 4.78 is 8.48. The number of hydrogen-bond acceptors (Lipinski definition) is 6. The van der Waals surface area contributed by atoms with Gasteiger partial charge in [0.1, 0.15) is 5.75 Å². The van der Waals surface area contributed by atoms with Crippen LogP contribution in [0.15, 0.2) is 65.8 Å². The van der Waals surface area contributed by atoms with Gasteiger partial charge >= 0.3 is 0 Å². The minimum absolute atomic E-state index is 0.00299. The fraction of sp³-hybridized carbons (Fsp3) is 0.276. The SMILES string of the molecule is CN(C)CC(C)(C)COc1ccc2[nH]c(-c3cc(NC(=O)c4cnn(Cc5ccc(Cl)s5)c4)c[nH]c3=O)cc2c1. The Labute approximate surface area is 240 Å². The second kappa shape index (κ2) is 11.3. The number of carbonyl (C=O) groups is 1. The molecule has 4 aromatic heterocycles. The fourth-order valence-electron chi connectivity index (χ4n) is 4.65. The summed E-state index contributed by atoms with van der Waals surface area (Å²) in [4.78, 5) is 34.8. The predicted octanol–water partition coefficient (Wildman–Crippen LogP) is 5.70. The Hall–Kier alpha value is -3.86. The van der Waals surface area contributed by atoms with Gasteiger partial charge < -0.3 is 24.9 Å². The summed E-state index contributed by atoms with van der Waals surface area (Å²) in [7, 11) is 4.10. The van der Waals surface area contributed by atoms with Crippen LogP contribution < -0.4 is 15.6 Å². The molecule has 40 heavy (non-hydrogen) atoms. The van der Waals surface area contributed by atoms with Crippen LogP contribution in [0, 0.1) is 5.41 Å². The average molecular weight is 579 g/mol. The summed E-state index contributed by atoms with van der Waals surface area (Å²) in [5.41, 5.74) is 2.52. The van der Waals surface area contributed by atoms with E-state index in [0.29, 0.717) is 40.0 Å². The van der Waals surface area contributed by atoms with E-state index < -0.39 is 0 Å². The Morgan fingerprint density at radius 2 is 2.02 bits per heavy atom. The molecule has 5 aromatic rings. The van der Waals surface area contributed by atoms with E-state index in [9.17, 15) is 9.59 Å². The summed E-state index contributed by atoms with van der Waals surface area (Å²) in [6.45, 7) is 6.36. The molecule has 208 valence electrons. The Bertz CT molecular complexity index is 1710. The quantitative estimate of drug-likeness (QED) is 0.197. The third-order valence-corrected chi connectivity index (χ3v) is 7.48. The zero-order chi connectivity index (χ0) is 28.4. The number of thiophene rings is 1. The molecule has 0 saturated heterocycles. The van der Waals surface area contributed by atoms with Gasteiger partial charge in [-0.1, -0.05) is 25.4 Å². The number of H-pyrrole nitrogens is 2. The first kappa shape index (κ1) is 27.7. The maximum absolute atomic E-state index is 12.9. The molecule has 5 rings (SSSR count). The van der Waals surface area contributed by atoms with E-state index in [2.05, 4.69) is 53.2 Å². The molecular formula is C29H31ClN6O3S. The minimum atomic E-state index is -0.330. The van der Waals surface area contributed by atoms with E-state index in [4.69, 9.17) is 16.3 Å². The highest BCUT2D eigenvalue weighted by atomic mass is 35.5. The number of aromatic amines is 2. The van der Waals surface area contributed by atoms with E-state index in [1.54, 1.807) is 16.9 Å². The van der Waals surface area contributed by atoms with Gasteiger partial charge in [0.05, 0.1) is 46.2 Å². The first-order valence-electron chi connectivity index (χ1n) is 12.8. The number of halogens is 1. The van der Waals surface area contributed by atoms with E-state index in [-0.39, 0.29) is 16.9 Å². The summed E-state index contributed by atoms with van der Waals surface area (Å²) in [5.74, 6) is 0.437. The highest BCUT2D eigenvalue weighted by Crippen LogP contribution is 2.28. The number of fused-ring (bicyclic) bond motifs is 1. The van der Waals surface area contributed by atoms with Crippen LogP contribution in [0.2, 0.25) is 4.34 Å². The molecule has 0 fully saturated rings. The molecule has 0 aliphatic rings. The number of amides is 1. The predicted molar refractivity (Wildman–Crippen MR) is 161 cm³/mol. The smallest absolute Gasteiger partial charge is 0.258 e. The van der Waals surface area contributed by atoms with Crippen molar-refractivity contribution < 1.29 is 9.53 Å². The highest BCUT2D eigenvalue weighted by Gasteiger charge is 2.20. The van der Waals surface area contributed by atoms with Crippen molar-refractivity contribution in [1.29, 1.82) is 0 Å². The number of nitrogens with one attached hydrogen (secondary N) is 3. The Balaban J connectivity index is 1.30. The molecule has 1 amide bonds. The number of ether oxygens (including phenoxy) is 1. The number of pyridine rings is 1. The first-order valence-corrected chi connectivity index (χ1v) is 14.0. The van der Waals surface area contributed by atoms with Crippen LogP contribution in [0.4, 0.5) is 5.69 Å². The van der Waals surface area contributed by atoms with Crippen molar-refractivity contribution in [2.45, 2.75) is 20.4 Å². The van der Waals surface area contributed by atoms with Crippen LogP contribution in [0.25, 0.3) is 22.2 Å². The largest absolute Gasteiger partial charge is 0.493 e. The van der Waals surface area contributed by atoms with Gasteiger partial charge in [-0.05, 0) is 56.6 Å². The molecule has 0 aliphatic carbocycles. The molecule has 0 spiro atoms. The number of carbonyl (C=O) groups excluding carboxylic acids is 1. The zero-order valence-electron chi connectivity index (χ0n) is 22.7. The lowest BCUT2D eigenvalue weighted by Gasteiger charge is -2.28. The van der Waals surface area contributed by atoms with E-state index in [1.165, 1.54) is 23.7 Å². The number of nitrogens with zero attached hydrogens (tertiary/aromatic N) is 3. The van der Waals surface area contributed by atoms with Gasteiger partial charge in [-0.3, -0.25) is 14.3 Å². The molecule has 0 radical (unpaired) electrons. The lowest BCUT2D eigenvalue weighted by molar-refractivity contribution is 0.102.